The van der Waals surface area contributed by atoms with Gasteiger partial charge in [-0.1, -0.05) is 38.1 Å². The highest BCUT2D eigenvalue weighted by Gasteiger charge is 2.12. The van der Waals surface area contributed by atoms with Crippen molar-refractivity contribution in [3.63, 3.8) is 0 Å². The maximum Gasteiger partial charge on any atom is 0.387 e. The average molecular weight is 393 g/mol. The number of aliphatic hydroxyl groups excluding tert-OH is 1. The Kier molecular flexibility index (Phi) is 7.75. The number of amides is 1. The quantitative estimate of drug-likeness (QED) is 0.677. The number of hydrogen-bond acceptors (Lipinski definition) is 4. The first kappa shape index (κ1) is 21.6. The third kappa shape index (κ3) is 6.49. The van der Waals surface area contributed by atoms with E-state index in [9.17, 15) is 18.7 Å². The van der Waals surface area contributed by atoms with E-state index in [0.717, 1.165) is 11.1 Å². The summed E-state index contributed by atoms with van der Waals surface area (Å²) in [6, 6.07) is 11.5. The lowest BCUT2D eigenvalue weighted by molar-refractivity contribution is -0.123. The fourth-order valence-corrected chi connectivity index (χ4v) is 2.53. The van der Waals surface area contributed by atoms with E-state index in [1.165, 1.54) is 24.3 Å². The van der Waals surface area contributed by atoms with Gasteiger partial charge in [0, 0.05) is 6.54 Å². The molecule has 2 aromatic carbocycles. The van der Waals surface area contributed by atoms with Gasteiger partial charge in [-0.05, 0) is 47.7 Å². The number of carbonyl (C=O) groups excluding carboxylic acids is 1. The van der Waals surface area contributed by atoms with Crippen LogP contribution in [0.1, 0.15) is 42.6 Å². The molecule has 2 aromatic rings. The summed E-state index contributed by atoms with van der Waals surface area (Å²) in [6.45, 7) is 2.96. The topological polar surface area (TPSA) is 67.8 Å². The molecule has 28 heavy (non-hydrogen) atoms. The van der Waals surface area contributed by atoms with Crippen molar-refractivity contribution < 1.29 is 28.2 Å². The lowest BCUT2D eigenvalue weighted by Gasteiger charge is -2.15. The van der Waals surface area contributed by atoms with Gasteiger partial charge >= 0.3 is 6.61 Å². The zero-order valence-electron chi connectivity index (χ0n) is 16.1. The van der Waals surface area contributed by atoms with Gasteiger partial charge < -0.3 is 19.9 Å². The molecule has 1 unspecified atom stereocenters. The Morgan fingerprint density at radius 1 is 1.11 bits per heavy atom. The van der Waals surface area contributed by atoms with Crippen molar-refractivity contribution in [2.75, 3.05) is 13.2 Å². The second-order valence-corrected chi connectivity index (χ2v) is 6.74. The predicted octanol–water partition coefficient (Wildman–Crippen LogP) is 3.95. The van der Waals surface area contributed by atoms with Gasteiger partial charge in [-0.25, -0.2) is 0 Å². The van der Waals surface area contributed by atoms with Gasteiger partial charge in [0.25, 0.3) is 5.91 Å². The zero-order valence-corrected chi connectivity index (χ0v) is 16.1. The fraction of sp³-hybridized carbons (Fsp3) is 0.381. The molecule has 0 aliphatic heterocycles. The lowest BCUT2D eigenvalue weighted by Crippen LogP contribution is -2.32. The average Bonchev–Trinajstić information content (AvgIpc) is 2.65. The molecule has 0 fully saturated rings. The van der Waals surface area contributed by atoms with Crippen LogP contribution in [0.3, 0.4) is 0 Å². The Balaban J connectivity index is 1.83. The summed E-state index contributed by atoms with van der Waals surface area (Å²) in [5, 5.41) is 12.7. The highest BCUT2D eigenvalue weighted by molar-refractivity contribution is 5.77. The third-order valence-electron chi connectivity index (χ3n) is 4.22. The van der Waals surface area contributed by atoms with Gasteiger partial charge in [-0.3, -0.25) is 4.79 Å². The smallest absolute Gasteiger partial charge is 0.387 e. The molecule has 1 amide bonds. The minimum absolute atomic E-state index is 0.00221. The van der Waals surface area contributed by atoms with Crippen LogP contribution in [0.4, 0.5) is 8.78 Å². The SMILES string of the molecule is Cc1ccc(C(C)C)cc1OCC(=O)NCC(O)c1ccc(OC(F)F)cc1. The molecule has 0 aliphatic carbocycles. The molecule has 0 bridgehead atoms. The summed E-state index contributed by atoms with van der Waals surface area (Å²) < 4.78 is 34.1. The molecule has 0 aromatic heterocycles. The predicted molar refractivity (Wildman–Crippen MR) is 102 cm³/mol. The number of carbonyl (C=O) groups is 1. The van der Waals surface area contributed by atoms with E-state index in [0.29, 0.717) is 17.2 Å². The Morgan fingerprint density at radius 2 is 1.75 bits per heavy atom. The van der Waals surface area contributed by atoms with Gasteiger partial charge in [0.1, 0.15) is 11.5 Å². The van der Waals surface area contributed by atoms with Gasteiger partial charge in [-0.2, -0.15) is 8.78 Å². The van der Waals surface area contributed by atoms with Crippen molar-refractivity contribution in [2.45, 2.75) is 39.4 Å². The Bertz CT molecular complexity index is 778. The first-order chi connectivity index (χ1) is 13.3. The fourth-order valence-electron chi connectivity index (χ4n) is 2.53. The van der Waals surface area contributed by atoms with Crippen molar-refractivity contribution in [2.24, 2.45) is 0 Å². The van der Waals surface area contributed by atoms with Crippen LogP contribution in [0.5, 0.6) is 11.5 Å². The van der Waals surface area contributed by atoms with E-state index in [1.807, 2.05) is 25.1 Å². The van der Waals surface area contributed by atoms with Crippen LogP contribution >= 0.6 is 0 Å². The number of hydrogen-bond donors (Lipinski definition) is 2. The number of rotatable bonds is 9. The highest BCUT2D eigenvalue weighted by Crippen LogP contribution is 2.24. The molecular weight excluding hydrogens is 368 g/mol. The van der Waals surface area contributed by atoms with Gasteiger partial charge in [0.2, 0.25) is 0 Å². The second kappa shape index (κ2) is 10.0. The highest BCUT2D eigenvalue weighted by atomic mass is 19.3. The Hall–Kier alpha value is -2.67. The van der Waals surface area contributed by atoms with E-state index in [1.54, 1.807) is 0 Å². The molecule has 0 aliphatic rings. The molecule has 1 atom stereocenters. The first-order valence-corrected chi connectivity index (χ1v) is 8.99. The van der Waals surface area contributed by atoms with Crippen molar-refractivity contribution in [1.82, 2.24) is 5.32 Å². The van der Waals surface area contributed by atoms with Crippen LogP contribution in [-0.2, 0) is 4.79 Å². The molecule has 152 valence electrons. The largest absolute Gasteiger partial charge is 0.483 e. The van der Waals surface area contributed by atoms with Crippen LogP contribution in [0.15, 0.2) is 42.5 Å². The number of benzene rings is 2. The third-order valence-corrected chi connectivity index (χ3v) is 4.22. The molecule has 7 heteroatoms. The monoisotopic (exact) mass is 393 g/mol. The molecular formula is C21H25F2NO4. The van der Waals surface area contributed by atoms with E-state index in [4.69, 9.17) is 4.74 Å². The van der Waals surface area contributed by atoms with Crippen molar-refractivity contribution in [3.05, 3.63) is 59.2 Å². The summed E-state index contributed by atoms with van der Waals surface area (Å²) in [7, 11) is 0. The van der Waals surface area contributed by atoms with Gasteiger partial charge in [-0.15, -0.1) is 0 Å². The summed E-state index contributed by atoms with van der Waals surface area (Å²) in [5.41, 5.74) is 2.53. The van der Waals surface area contributed by atoms with Gasteiger partial charge in [0.15, 0.2) is 6.61 Å². The zero-order chi connectivity index (χ0) is 20.7. The summed E-state index contributed by atoms with van der Waals surface area (Å²) in [4.78, 5) is 12.0. The maximum atomic E-state index is 12.1. The normalized spacial score (nSPS) is 12.1. The van der Waals surface area contributed by atoms with E-state index in [-0.39, 0.29) is 24.8 Å². The van der Waals surface area contributed by atoms with Crippen molar-refractivity contribution >= 4 is 5.91 Å². The van der Waals surface area contributed by atoms with Crippen LogP contribution in [0.2, 0.25) is 0 Å². The second-order valence-electron chi connectivity index (χ2n) is 6.74. The Morgan fingerprint density at radius 3 is 2.36 bits per heavy atom. The van der Waals surface area contributed by atoms with Crippen LogP contribution in [-0.4, -0.2) is 30.8 Å². The number of nitrogens with one attached hydrogen (secondary N) is 1. The minimum atomic E-state index is -2.90. The molecule has 2 rings (SSSR count). The molecule has 0 heterocycles. The number of aliphatic hydroxyl groups is 1. The van der Waals surface area contributed by atoms with E-state index < -0.39 is 12.7 Å². The molecule has 5 nitrogen and oxygen atoms in total. The number of alkyl halides is 2. The molecule has 0 radical (unpaired) electrons. The lowest BCUT2D eigenvalue weighted by atomic mass is 10.0. The van der Waals surface area contributed by atoms with Crippen LogP contribution in [0.25, 0.3) is 0 Å². The Labute approximate surface area is 163 Å². The first-order valence-electron chi connectivity index (χ1n) is 8.99. The number of aryl methyl sites for hydroxylation is 1. The maximum absolute atomic E-state index is 12.1. The van der Waals surface area contributed by atoms with Crippen molar-refractivity contribution in [1.29, 1.82) is 0 Å². The van der Waals surface area contributed by atoms with Crippen molar-refractivity contribution in [3.8, 4) is 11.5 Å². The summed E-state index contributed by atoms with van der Waals surface area (Å²) in [6.07, 6.45) is -0.976. The molecule has 0 saturated carbocycles. The summed E-state index contributed by atoms with van der Waals surface area (Å²) >= 11 is 0. The van der Waals surface area contributed by atoms with E-state index in [2.05, 4.69) is 23.9 Å². The summed E-state index contributed by atoms with van der Waals surface area (Å²) in [5.74, 6) is 0.634. The molecule has 0 saturated heterocycles. The van der Waals surface area contributed by atoms with E-state index >= 15 is 0 Å². The minimum Gasteiger partial charge on any atom is -0.483 e. The van der Waals surface area contributed by atoms with Gasteiger partial charge in [0.05, 0.1) is 6.10 Å². The van der Waals surface area contributed by atoms with Crippen LogP contribution < -0.4 is 14.8 Å². The van der Waals surface area contributed by atoms with Crippen LogP contribution in [0, 0.1) is 6.92 Å². The number of ether oxygens (including phenoxy) is 2. The number of halogens is 2. The molecule has 0 spiro atoms. The standard InChI is InChI=1S/C21H25F2NO4/c1-13(2)16-5-4-14(3)19(10-16)27-12-20(26)24-11-18(25)15-6-8-17(9-7-15)28-21(22)23/h4-10,13,18,21,25H,11-12H2,1-3H3,(H,24,26). The molecule has 2 N–H and O–H groups in total.